The van der Waals surface area contributed by atoms with Crippen LogP contribution in [-0.4, -0.2) is 55.0 Å². The van der Waals surface area contributed by atoms with Gasteiger partial charge in [0.2, 0.25) is 15.9 Å². The monoisotopic (exact) mass is 415 g/mol. The summed E-state index contributed by atoms with van der Waals surface area (Å²) < 4.78 is 27.4. The number of rotatable bonds is 5. The van der Waals surface area contributed by atoms with E-state index in [0.717, 1.165) is 30.8 Å². The van der Waals surface area contributed by atoms with Gasteiger partial charge in [0, 0.05) is 38.3 Å². The minimum atomic E-state index is -3.57. The molecular formula is C20H25N5O3S. The molecule has 2 aromatic rings. The normalized spacial score (nSPS) is 17.2. The molecular weight excluding hydrogens is 390 g/mol. The second-order valence-corrected chi connectivity index (χ2v) is 9.28. The molecule has 2 heterocycles. The summed E-state index contributed by atoms with van der Waals surface area (Å²) in [4.78, 5) is 13.8. The van der Waals surface area contributed by atoms with Crippen molar-refractivity contribution in [2.75, 3.05) is 36.4 Å². The fourth-order valence-electron chi connectivity index (χ4n) is 3.74. The summed E-state index contributed by atoms with van der Waals surface area (Å²) in [7, 11) is -3.57. The number of amides is 1. The number of piperazine rings is 1. The molecule has 4 rings (SSSR count). The van der Waals surface area contributed by atoms with Crippen LogP contribution in [0.1, 0.15) is 31.0 Å². The summed E-state index contributed by atoms with van der Waals surface area (Å²) in [6, 6.07) is 8.42. The Kier molecular flexibility index (Phi) is 5.51. The first-order valence-electron chi connectivity index (χ1n) is 9.98. The number of carbonyl (C=O) groups is 1. The second kappa shape index (κ2) is 8.08. The summed E-state index contributed by atoms with van der Waals surface area (Å²) in [5.74, 6) is 0.727. The smallest absolute Gasteiger partial charge is 0.243 e. The Morgan fingerprint density at radius 3 is 2.48 bits per heavy atom. The zero-order chi connectivity index (χ0) is 20.4. The van der Waals surface area contributed by atoms with E-state index in [0.29, 0.717) is 38.3 Å². The number of sulfonamides is 1. The minimum absolute atomic E-state index is 0.105. The topological polar surface area (TPSA) is 95.5 Å². The van der Waals surface area contributed by atoms with Gasteiger partial charge in [0.1, 0.15) is 0 Å². The lowest BCUT2D eigenvalue weighted by atomic mass is 10.2. The van der Waals surface area contributed by atoms with Gasteiger partial charge in [-0.25, -0.2) is 8.42 Å². The van der Waals surface area contributed by atoms with Crippen LogP contribution in [0.5, 0.6) is 0 Å². The van der Waals surface area contributed by atoms with E-state index >= 15 is 0 Å². The van der Waals surface area contributed by atoms with E-state index in [1.54, 1.807) is 31.2 Å². The molecule has 0 atom stereocenters. The van der Waals surface area contributed by atoms with Crippen LogP contribution in [0.4, 0.5) is 11.5 Å². The van der Waals surface area contributed by atoms with Crippen LogP contribution < -0.4 is 10.2 Å². The highest BCUT2D eigenvalue weighted by molar-refractivity contribution is 7.89. The molecule has 1 aliphatic carbocycles. The van der Waals surface area contributed by atoms with Crippen LogP contribution in [0.25, 0.3) is 0 Å². The van der Waals surface area contributed by atoms with Crippen molar-refractivity contribution >= 4 is 27.4 Å². The first kappa shape index (κ1) is 19.8. The third-order valence-corrected chi connectivity index (χ3v) is 7.38. The second-order valence-electron chi connectivity index (χ2n) is 7.35. The van der Waals surface area contributed by atoms with Crippen LogP contribution in [-0.2, 0) is 27.7 Å². The number of benzene rings is 1. The van der Waals surface area contributed by atoms with Gasteiger partial charge in [0.25, 0.3) is 0 Å². The number of aryl methyl sites for hydroxylation is 2. The molecule has 154 valence electrons. The molecule has 1 aromatic carbocycles. The highest BCUT2D eigenvalue weighted by Crippen LogP contribution is 2.25. The van der Waals surface area contributed by atoms with Crippen LogP contribution in [0.2, 0.25) is 0 Å². The molecule has 0 saturated carbocycles. The molecule has 1 fully saturated rings. The summed E-state index contributed by atoms with van der Waals surface area (Å²) >= 11 is 0. The number of nitrogens with zero attached hydrogens (tertiary/aromatic N) is 4. The molecule has 1 saturated heterocycles. The van der Waals surface area contributed by atoms with Gasteiger partial charge in [-0.1, -0.05) is 6.92 Å². The average Bonchev–Trinajstić information content (AvgIpc) is 3.22. The highest BCUT2D eigenvalue weighted by Gasteiger charge is 2.29. The van der Waals surface area contributed by atoms with Gasteiger partial charge < -0.3 is 10.2 Å². The molecule has 1 aliphatic heterocycles. The lowest BCUT2D eigenvalue weighted by Crippen LogP contribution is -2.49. The van der Waals surface area contributed by atoms with Gasteiger partial charge in [0.15, 0.2) is 5.82 Å². The van der Waals surface area contributed by atoms with E-state index in [2.05, 4.69) is 26.5 Å². The van der Waals surface area contributed by atoms with Crippen molar-refractivity contribution in [2.24, 2.45) is 0 Å². The maximum atomic E-state index is 13.0. The molecule has 1 aromatic heterocycles. The number of nitrogens with one attached hydrogen (secondary N) is 1. The van der Waals surface area contributed by atoms with E-state index in [1.807, 2.05) is 0 Å². The number of hydrogen-bond acceptors (Lipinski definition) is 6. The first-order valence-corrected chi connectivity index (χ1v) is 11.4. The molecule has 1 N–H and O–H groups in total. The summed E-state index contributed by atoms with van der Waals surface area (Å²) in [6.45, 7) is 3.72. The SMILES string of the molecule is CCC(=O)Nc1ccc(S(=O)(=O)N2CCN(c3cc4c(nn3)CCC4)CC2)cc1. The predicted molar refractivity (Wildman–Crippen MR) is 110 cm³/mol. The van der Waals surface area contributed by atoms with Gasteiger partial charge in [-0.3, -0.25) is 4.79 Å². The van der Waals surface area contributed by atoms with E-state index < -0.39 is 10.0 Å². The number of hydrogen-bond donors (Lipinski definition) is 1. The highest BCUT2D eigenvalue weighted by atomic mass is 32.2. The van der Waals surface area contributed by atoms with Crippen molar-refractivity contribution in [3.8, 4) is 0 Å². The van der Waals surface area contributed by atoms with E-state index in [4.69, 9.17) is 0 Å². The van der Waals surface area contributed by atoms with Crippen molar-refractivity contribution in [2.45, 2.75) is 37.5 Å². The fraction of sp³-hybridized carbons (Fsp3) is 0.450. The summed E-state index contributed by atoms with van der Waals surface area (Å²) in [5.41, 5.74) is 2.95. The average molecular weight is 416 g/mol. The van der Waals surface area contributed by atoms with Crippen LogP contribution in [0, 0.1) is 0 Å². The summed E-state index contributed by atoms with van der Waals surface area (Å²) in [5, 5.41) is 11.4. The van der Waals surface area contributed by atoms with Crippen LogP contribution >= 0.6 is 0 Å². The molecule has 0 spiro atoms. The molecule has 29 heavy (non-hydrogen) atoms. The molecule has 0 unspecified atom stereocenters. The maximum Gasteiger partial charge on any atom is 0.243 e. The Labute approximate surface area is 171 Å². The lowest BCUT2D eigenvalue weighted by Gasteiger charge is -2.34. The molecule has 9 heteroatoms. The van der Waals surface area contributed by atoms with Crippen molar-refractivity contribution in [1.29, 1.82) is 0 Å². The van der Waals surface area contributed by atoms with Gasteiger partial charge in [-0.15, -0.1) is 5.10 Å². The van der Waals surface area contributed by atoms with Gasteiger partial charge in [-0.2, -0.15) is 9.40 Å². The van der Waals surface area contributed by atoms with E-state index in [-0.39, 0.29) is 10.8 Å². The van der Waals surface area contributed by atoms with Crippen molar-refractivity contribution in [3.63, 3.8) is 0 Å². The number of anilines is 2. The molecule has 0 radical (unpaired) electrons. The van der Waals surface area contributed by atoms with Crippen LogP contribution in [0.15, 0.2) is 35.2 Å². The minimum Gasteiger partial charge on any atom is -0.352 e. The third-order valence-electron chi connectivity index (χ3n) is 5.47. The number of fused-ring (bicyclic) bond motifs is 1. The van der Waals surface area contributed by atoms with E-state index in [9.17, 15) is 13.2 Å². The van der Waals surface area contributed by atoms with Crippen molar-refractivity contribution in [3.05, 3.63) is 41.6 Å². The largest absolute Gasteiger partial charge is 0.352 e. The van der Waals surface area contributed by atoms with Gasteiger partial charge >= 0.3 is 0 Å². The Hall–Kier alpha value is -2.52. The molecule has 2 aliphatic rings. The standard InChI is InChI=1S/C20H25N5O3S/c1-2-20(26)21-16-6-8-17(9-7-16)29(27,28)25-12-10-24(11-13-25)19-14-15-4-3-5-18(15)22-23-19/h6-9,14H,2-5,10-13H2,1H3,(H,21,26). The Morgan fingerprint density at radius 2 is 1.79 bits per heavy atom. The Morgan fingerprint density at radius 1 is 1.07 bits per heavy atom. The first-order chi connectivity index (χ1) is 14.0. The zero-order valence-electron chi connectivity index (χ0n) is 16.5. The molecule has 1 amide bonds. The van der Waals surface area contributed by atoms with Crippen molar-refractivity contribution in [1.82, 2.24) is 14.5 Å². The maximum absolute atomic E-state index is 13.0. The Bertz CT molecular complexity index is 999. The number of carbonyl (C=O) groups excluding carboxylic acids is 1. The quantitative estimate of drug-likeness (QED) is 0.800. The third kappa shape index (κ3) is 4.11. The van der Waals surface area contributed by atoms with Crippen LogP contribution in [0.3, 0.4) is 0 Å². The van der Waals surface area contributed by atoms with Gasteiger partial charge in [0.05, 0.1) is 10.6 Å². The predicted octanol–water partition coefficient (Wildman–Crippen LogP) is 1.82. The Balaban J connectivity index is 1.41. The summed E-state index contributed by atoms with van der Waals surface area (Å²) in [6.07, 6.45) is 3.54. The molecule has 0 bridgehead atoms. The zero-order valence-corrected chi connectivity index (χ0v) is 17.3. The molecule has 8 nitrogen and oxygen atoms in total. The van der Waals surface area contributed by atoms with Gasteiger partial charge in [-0.05, 0) is 55.2 Å². The number of aromatic nitrogens is 2. The van der Waals surface area contributed by atoms with Crippen molar-refractivity contribution < 1.29 is 13.2 Å². The lowest BCUT2D eigenvalue weighted by molar-refractivity contribution is -0.115. The fourth-order valence-corrected chi connectivity index (χ4v) is 5.16. The van der Waals surface area contributed by atoms with E-state index in [1.165, 1.54) is 9.87 Å².